The monoisotopic (exact) mass is 272 g/mol. The molecule has 19 heavy (non-hydrogen) atoms. The van der Waals surface area contributed by atoms with Crippen molar-refractivity contribution in [3.63, 3.8) is 0 Å². The maximum absolute atomic E-state index is 11.6. The number of rotatable bonds is 10. The predicted octanol–water partition coefficient (Wildman–Crippen LogP) is 2.73. The lowest BCUT2D eigenvalue weighted by Gasteiger charge is -2.37. The first-order valence-electron chi connectivity index (χ1n) is 7.52. The summed E-state index contributed by atoms with van der Waals surface area (Å²) in [6.45, 7) is 13.8. The maximum Gasteiger partial charge on any atom is 0.324 e. The molecular formula is C15H32N2O2. The Hall–Kier alpha value is -0.610. The highest BCUT2D eigenvalue weighted by Gasteiger charge is 2.36. The SMILES string of the molecule is CCCCN(CC(C)(NC(C)C)C(=O)O)C(C)CC. The molecule has 2 atom stereocenters. The van der Waals surface area contributed by atoms with Gasteiger partial charge in [0.05, 0.1) is 0 Å². The number of nitrogens with one attached hydrogen (secondary N) is 1. The molecule has 4 heteroatoms. The third-order valence-electron chi connectivity index (χ3n) is 3.61. The van der Waals surface area contributed by atoms with Crippen LogP contribution in [0.3, 0.4) is 0 Å². The highest BCUT2D eigenvalue weighted by Crippen LogP contribution is 2.14. The van der Waals surface area contributed by atoms with Crippen molar-refractivity contribution >= 4 is 5.97 Å². The first-order chi connectivity index (χ1) is 8.76. The molecule has 0 aromatic heterocycles. The van der Waals surface area contributed by atoms with Crippen LogP contribution in [0.5, 0.6) is 0 Å². The van der Waals surface area contributed by atoms with Gasteiger partial charge in [0.2, 0.25) is 0 Å². The van der Waals surface area contributed by atoms with Gasteiger partial charge < -0.3 is 5.11 Å². The third-order valence-corrected chi connectivity index (χ3v) is 3.61. The van der Waals surface area contributed by atoms with Gasteiger partial charge in [-0.05, 0) is 47.1 Å². The molecule has 0 rings (SSSR count). The van der Waals surface area contributed by atoms with Gasteiger partial charge in [0.25, 0.3) is 0 Å². The molecule has 0 radical (unpaired) electrons. The van der Waals surface area contributed by atoms with Gasteiger partial charge in [-0.3, -0.25) is 15.0 Å². The maximum atomic E-state index is 11.6. The van der Waals surface area contributed by atoms with E-state index in [9.17, 15) is 9.90 Å². The van der Waals surface area contributed by atoms with Crippen LogP contribution in [0.1, 0.15) is 60.8 Å². The highest BCUT2D eigenvalue weighted by atomic mass is 16.4. The van der Waals surface area contributed by atoms with Gasteiger partial charge in [0.1, 0.15) is 5.54 Å². The van der Waals surface area contributed by atoms with Crippen molar-refractivity contribution in [3.05, 3.63) is 0 Å². The molecule has 0 bridgehead atoms. The molecule has 114 valence electrons. The summed E-state index contributed by atoms with van der Waals surface area (Å²) in [5.74, 6) is -0.772. The lowest BCUT2D eigenvalue weighted by molar-refractivity contribution is -0.145. The van der Waals surface area contributed by atoms with E-state index >= 15 is 0 Å². The van der Waals surface area contributed by atoms with Crippen LogP contribution in [0.15, 0.2) is 0 Å². The summed E-state index contributed by atoms with van der Waals surface area (Å²) < 4.78 is 0. The zero-order valence-corrected chi connectivity index (χ0v) is 13.5. The van der Waals surface area contributed by atoms with E-state index < -0.39 is 11.5 Å². The van der Waals surface area contributed by atoms with Gasteiger partial charge in [-0.2, -0.15) is 0 Å². The Balaban J connectivity index is 4.86. The lowest BCUT2D eigenvalue weighted by Crippen LogP contribution is -2.60. The average molecular weight is 272 g/mol. The lowest BCUT2D eigenvalue weighted by atomic mass is 9.99. The van der Waals surface area contributed by atoms with Crippen LogP contribution in [0.2, 0.25) is 0 Å². The van der Waals surface area contributed by atoms with Crippen LogP contribution < -0.4 is 5.32 Å². The van der Waals surface area contributed by atoms with Crippen molar-refractivity contribution in [3.8, 4) is 0 Å². The zero-order chi connectivity index (χ0) is 15.1. The van der Waals surface area contributed by atoms with Crippen LogP contribution in [0, 0.1) is 0 Å². The number of unbranched alkanes of at least 4 members (excludes halogenated alkanes) is 1. The van der Waals surface area contributed by atoms with E-state index in [0.29, 0.717) is 12.6 Å². The number of carbonyl (C=O) groups is 1. The van der Waals surface area contributed by atoms with Crippen molar-refractivity contribution in [2.75, 3.05) is 13.1 Å². The average Bonchev–Trinajstić information content (AvgIpc) is 2.32. The minimum atomic E-state index is -0.884. The molecule has 4 nitrogen and oxygen atoms in total. The summed E-state index contributed by atoms with van der Waals surface area (Å²) in [6.07, 6.45) is 3.29. The molecule has 0 spiro atoms. The Bertz CT molecular complexity index is 269. The van der Waals surface area contributed by atoms with E-state index in [-0.39, 0.29) is 6.04 Å². The number of aliphatic carboxylic acids is 1. The smallest absolute Gasteiger partial charge is 0.324 e. The summed E-state index contributed by atoms with van der Waals surface area (Å²) in [5, 5.41) is 12.7. The van der Waals surface area contributed by atoms with Crippen LogP contribution in [0.4, 0.5) is 0 Å². The molecule has 2 N–H and O–H groups in total. The van der Waals surface area contributed by atoms with Gasteiger partial charge in [0.15, 0.2) is 0 Å². The second-order valence-corrected chi connectivity index (χ2v) is 6.02. The standard InChI is InChI=1S/C15H32N2O2/c1-7-9-10-17(13(5)8-2)11-15(6,14(18)19)16-12(3)4/h12-13,16H,7-11H2,1-6H3,(H,18,19). The second kappa shape index (κ2) is 8.54. The Kier molecular flexibility index (Phi) is 8.26. The summed E-state index contributed by atoms with van der Waals surface area (Å²) in [4.78, 5) is 13.9. The number of carboxylic acid groups (broad SMARTS) is 1. The van der Waals surface area contributed by atoms with E-state index in [0.717, 1.165) is 25.8 Å². The first kappa shape index (κ1) is 18.4. The number of hydrogen-bond acceptors (Lipinski definition) is 3. The molecule has 0 heterocycles. The van der Waals surface area contributed by atoms with Gasteiger partial charge in [-0.15, -0.1) is 0 Å². The fraction of sp³-hybridized carbons (Fsp3) is 0.933. The fourth-order valence-corrected chi connectivity index (χ4v) is 2.29. The molecule has 0 aromatic rings. The summed E-state index contributed by atoms with van der Waals surface area (Å²) >= 11 is 0. The van der Waals surface area contributed by atoms with Crippen LogP contribution in [-0.4, -0.2) is 46.7 Å². The summed E-state index contributed by atoms with van der Waals surface area (Å²) in [5.41, 5.74) is -0.884. The van der Waals surface area contributed by atoms with Gasteiger partial charge in [-0.1, -0.05) is 20.3 Å². The van der Waals surface area contributed by atoms with Crippen molar-refractivity contribution in [1.29, 1.82) is 0 Å². The first-order valence-corrected chi connectivity index (χ1v) is 7.52. The van der Waals surface area contributed by atoms with Crippen molar-refractivity contribution in [2.45, 2.75) is 78.4 Å². The van der Waals surface area contributed by atoms with Gasteiger partial charge in [0, 0.05) is 18.6 Å². The Labute approximate surface area is 118 Å². The normalized spacial score (nSPS) is 16.6. The molecule has 0 fully saturated rings. The second-order valence-electron chi connectivity index (χ2n) is 6.02. The van der Waals surface area contributed by atoms with Crippen molar-refractivity contribution in [1.82, 2.24) is 10.2 Å². The summed E-state index contributed by atoms with van der Waals surface area (Å²) in [6, 6.07) is 0.574. The number of carboxylic acids is 1. The molecular weight excluding hydrogens is 240 g/mol. The van der Waals surface area contributed by atoms with E-state index in [2.05, 4.69) is 31.0 Å². The molecule has 0 saturated heterocycles. The minimum absolute atomic E-state index is 0.158. The molecule has 0 saturated carbocycles. The fourth-order valence-electron chi connectivity index (χ4n) is 2.29. The molecule has 0 amide bonds. The molecule has 0 aliphatic carbocycles. The van der Waals surface area contributed by atoms with E-state index in [1.807, 2.05) is 13.8 Å². The molecule has 0 aliphatic rings. The molecule has 2 unspecified atom stereocenters. The van der Waals surface area contributed by atoms with E-state index in [1.54, 1.807) is 6.92 Å². The Morgan fingerprint density at radius 3 is 2.26 bits per heavy atom. The van der Waals surface area contributed by atoms with Crippen LogP contribution in [0.25, 0.3) is 0 Å². The van der Waals surface area contributed by atoms with Gasteiger partial charge >= 0.3 is 5.97 Å². The van der Waals surface area contributed by atoms with Crippen molar-refractivity contribution < 1.29 is 9.90 Å². The van der Waals surface area contributed by atoms with E-state index in [1.165, 1.54) is 0 Å². The molecule has 0 aromatic carbocycles. The van der Waals surface area contributed by atoms with Crippen molar-refractivity contribution in [2.24, 2.45) is 0 Å². The topological polar surface area (TPSA) is 52.6 Å². The van der Waals surface area contributed by atoms with Crippen LogP contribution >= 0.6 is 0 Å². The van der Waals surface area contributed by atoms with E-state index in [4.69, 9.17) is 0 Å². The number of hydrogen-bond donors (Lipinski definition) is 2. The molecule has 0 aliphatic heterocycles. The van der Waals surface area contributed by atoms with Crippen LogP contribution in [-0.2, 0) is 4.79 Å². The Morgan fingerprint density at radius 2 is 1.89 bits per heavy atom. The highest BCUT2D eigenvalue weighted by molar-refractivity contribution is 5.78. The Morgan fingerprint density at radius 1 is 1.32 bits per heavy atom. The van der Waals surface area contributed by atoms with Gasteiger partial charge in [-0.25, -0.2) is 0 Å². The number of nitrogens with zero attached hydrogens (tertiary/aromatic N) is 1. The third kappa shape index (κ3) is 6.39. The minimum Gasteiger partial charge on any atom is -0.480 e. The zero-order valence-electron chi connectivity index (χ0n) is 13.5. The summed E-state index contributed by atoms with van der Waals surface area (Å²) in [7, 11) is 0. The predicted molar refractivity (Wildman–Crippen MR) is 80.5 cm³/mol. The largest absolute Gasteiger partial charge is 0.480 e. The quantitative estimate of drug-likeness (QED) is 0.642.